The predicted molar refractivity (Wildman–Crippen MR) is 71.3 cm³/mol. The molecule has 3 nitrogen and oxygen atoms in total. The van der Waals surface area contributed by atoms with Crippen LogP contribution in [0.15, 0.2) is 17.5 Å². The van der Waals surface area contributed by atoms with Gasteiger partial charge in [0.15, 0.2) is 0 Å². The Kier molecular flexibility index (Phi) is 4.57. The maximum atomic E-state index is 11.9. The Labute approximate surface area is 107 Å². The van der Waals surface area contributed by atoms with Gasteiger partial charge in [0.05, 0.1) is 0 Å². The number of rotatable bonds is 4. The van der Waals surface area contributed by atoms with E-state index in [0.29, 0.717) is 0 Å². The lowest BCUT2D eigenvalue weighted by Crippen LogP contribution is -2.39. The van der Waals surface area contributed by atoms with E-state index in [1.54, 1.807) is 11.3 Å². The SMILES string of the molecule is CN1CCC(C(=O)NCCc2cccs2)CC1. The molecule has 0 unspecified atom stereocenters. The number of nitrogens with one attached hydrogen (secondary N) is 1. The maximum Gasteiger partial charge on any atom is 0.223 e. The molecule has 0 bridgehead atoms. The zero-order chi connectivity index (χ0) is 12.1. The summed E-state index contributed by atoms with van der Waals surface area (Å²) < 4.78 is 0. The van der Waals surface area contributed by atoms with Crippen LogP contribution in [0.3, 0.4) is 0 Å². The molecule has 1 N–H and O–H groups in total. The molecule has 2 rings (SSSR count). The summed E-state index contributed by atoms with van der Waals surface area (Å²) in [6.45, 7) is 2.86. The monoisotopic (exact) mass is 252 g/mol. The third kappa shape index (κ3) is 3.82. The average Bonchev–Trinajstić information content (AvgIpc) is 2.83. The van der Waals surface area contributed by atoms with Crippen molar-refractivity contribution in [2.24, 2.45) is 5.92 Å². The van der Waals surface area contributed by atoms with E-state index in [0.717, 1.165) is 38.9 Å². The van der Waals surface area contributed by atoms with Crippen molar-refractivity contribution in [1.29, 1.82) is 0 Å². The fourth-order valence-corrected chi connectivity index (χ4v) is 2.89. The highest BCUT2D eigenvalue weighted by Crippen LogP contribution is 2.16. The Bertz CT molecular complexity index is 342. The third-order valence-electron chi connectivity index (χ3n) is 3.34. The molecule has 1 saturated heterocycles. The molecular weight excluding hydrogens is 232 g/mol. The van der Waals surface area contributed by atoms with Crippen molar-refractivity contribution in [3.05, 3.63) is 22.4 Å². The van der Waals surface area contributed by atoms with Crippen molar-refractivity contribution in [3.8, 4) is 0 Å². The van der Waals surface area contributed by atoms with Crippen molar-refractivity contribution in [2.45, 2.75) is 19.3 Å². The lowest BCUT2D eigenvalue weighted by molar-refractivity contribution is -0.126. The van der Waals surface area contributed by atoms with Crippen molar-refractivity contribution in [3.63, 3.8) is 0 Å². The summed E-state index contributed by atoms with van der Waals surface area (Å²) in [7, 11) is 2.12. The van der Waals surface area contributed by atoms with Crippen molar-refractivity contribution >= 4 is 17.2 Å². The number of thiophene rings is 1. The van der Waals surface area contributed by atoms with E-state index in [-0.39, 0.29) is 11.8 Å². The molecule has 0 aliphatic carbocycles. The molecular formula is C13H20N2OS. The summed E-state index contributed by atoms with van der Waals surface area (Å²) in [5.41, 5.74) is 0. The first-order valence-corrected chi connectivity index (χ1v) is 7.12. The number of likely N-dealkylation sites (tertiary alicyclic amines) is 1. The van der Waals surface area contributed by atoms with Gasteiger partial charge in [-0.25, -0.2) is 0 Å². The molecule has 0 aromatic carbocycles. The molecule has 1 fully saturated rings. The van der Waals surface area contributed by atoms with Gasteiger partial charge in [-0.15, -0.1) is 11.3 Å². The number of carbonyl (C=O) groups excluding carboxylic acids is 1. The van der Waals surface area contributed by atoms with Crippen LogP contribution in [0.1, 0.15) is 17.7 Å². The van der Waals surface area contributed by atoms with Gasteiger partial charge in [-0.1, -0.05) is 6.07 Å². The van der Waals surface area contributed by atoms with Crippen LogP contribution < -0.4 is 5.32 Å². The molecule has 1 aliphatic heterocycles. The van der Waals surface area contributed by atoms with Crippen LogP contribution in [0.2, 0.25) is 0 Å². The van der Waals surface area contributed by atoms with Crippen LogP contribution in [0.4, 0.5) is 0 Å². The zero-order valence-electron chi connectivity index (χ0n) is 10.3. The third-order valence-corrected chi connectivity index (χ3v) is 4.28. The second kappa shape index (κ2) is 6.17. The van der Waals surface area contributed by atoms with Gasteiger partial charge < -0.3 is 10.2 Å². The molecule has 94 valence electrons. The summed E-state index contributed by atoms with van der Waals surface area (Å²) in [5, 5.41) is 5.13. The lowest BCUT2D eigenvalue weighted by atomic mass is 9.96. The van der Waals surface area contributed by atoms with Gasteiger partial charge in [0, 0.05) is 17.3 Å². The van der Waals surface area contributed by atoms with Crippen LogP contribution in [0, 0.1) is 5.92 Å². The van der Waals surface area contributed by atoms with Crippen LogP contribution >= 0.6 is 11.3 Å². The van der Waals surface area contributed by atoms with Crippen LogP contribution in [-0.4, -0.2) is 37.5 Å². The van der Waals surface area contributed by atoms with Gasteiger partial charge in [-0.3, -0.25) is 4.79 Å². The Balaban J connectivity index is 1.67. The van der Waals surface area contributed by atoms with Gasteiger partial charge in [-0.05, 0) is 50.8 Å². The van der Waals surface area contributed by atoms with Crippen molar-refractivity contribution < 1.29 is 4.79 Å². The molecule has 0 saturated carbocycles. The predicted octanol–water partition coefficient (Wildman–Crippen LogP) is 1.75. The molecule has 17 heavy (non-hydrogen) atoms. The molecule has 4 heteroatoms. The first kappa shape index (κ1) is 12.6. The number of hydrogen-bond donors (Lipinski definition) is 1. The van der Waals surface area contributed by atoms with E-state index in [2.05, 4.69) is 34.8 Å². The van der Waals surface area contributed by atoms with E-state index in [9.17, 15) is 4.79 Å². The molecule has 0 atom stereocenters. The largest absolute Gasteiger partial charge is 0.355 e. The molecule has 1 aromatic heterocycles. The minimum atomic E-state index is 0.231. The summed E-state index contributed by atoms with van der Waals surface area (Å²) in [6.07, 6.45) is 2.96. The Morgan fingerprint density at radius 3 is 2.94 bits per heavy atom. The molecule has 1 aliphatic rings. The number of nitrogens with zero attached hydrogens (tertiary/aromatic N) is 1. The Morgan fingerprint density at radius 1 is 1.53 bits per heavy atom. The number of piperidine rings is 1. The Morgan fingerprint density at radius 2 is 2.29 bits per heavy atom. The Hall–Kier alpha value is -0.870. The average molecular weight is 252 g/mol. The van der Waals surface area contributed by atoms with Crippen molar-refractivity contribution in [1.82, 2.24) is 10.2 Å². The second-order valence-electron chi connectivity index (χ2n) is 4.70. The lowest BCUT2D eigenvalue weighted by Gasteiger charge is -2.28. The first-order valence-electron chi connectivity index (χ1n) is 6.24. The first-order chi connectivity index (χ1) is 8.25. The maximum absolute atomic E-state index is 11.9. The molecule has 2 heterocycles. The number of hydrogen-bond acceptors (Lipinski definition) is 3. The van der Waals surface area contributed by atoms with E-state index < -0.39 is 0 Å². The van der Waals surface area contributed by atoms with E-state index >= 15 is 0 Å². The second-order valence-corrected chi connectivity index (χ2v) is 5.73. The number of carbonyl (C=O) groups is 1. The highest BCUT2D eigenvalue weighted by molar-refractivity contribution is 7.09. The van der Waals surface area contributed by atoms with E-state index in [1.807, 2.05) is 0 Å². The fraction of sp³-hybridized carbons (Fsp3) is 0.615. The summed E-state index contributed by atoms with van der Waals surface area (Å²) in [6, 6.07) is 4.17. The number of amides is 1. The normalized spacial score (nSPS) is 18.2. The highest BCUT2D eigenvalue weighted by Gasteiger charge is 2.22. The van der Waals surface area contributed by atoms with E-state index in [4.69, 9.17) is 0 Å². The minimum Gasteiger partial charge on any atom is -0.355 e. The van der Waals surface area contributed by atoms with Crippen LogP contribution in [0.5, 0.6) is 0 Å². The molecule has 0 spiro atoms. The molecule has 1 aromatic rings. The highest BCUT2D eigenvalue weighted by atomic mass is 32.1. The quantitative estimate of drug-likeness (QED) is 0.885. The van der Waals surface area contributed by atoms with E-state index in [1.165, 1.54) is 4.88 Å². The van der Waals surface area contributed by atoms with Crippen LogP contribution in [0.25, 0.3) is 0 Å². The van der Waals surface area contributed by atoms with Gasteiger partial charge in [0.25, 0.3) is 0 Å². The zero-order valence-corrected chi connectivity index (χ0v) is 11.1. The van der Waals surface area contributed by atoms with Crippen LogP contribution in [-0.2, 0) is 11.2 Å². The van der Waals surface area contributed by atoms with Gasteiger partial charge in [0.1, 0.15) is 0 Å². The summed E-state index contributed by atoms with van der Waals surface area (Å²) in [4.78, 5) is 15.5. The standard InChI is InChI=1S/C13H20N2OS/c1-15-8-5-11(6-9-15)13(16)14-7-4-12-3-2-10-17-12/h2-3,10-11H,4-9H2,1H3,(H,14,16). The topological polar surface area (TPSA) is 32.3 Å². The minimum absolute atomic E-state index is 0.231. The van der Waals surface area contributed by atoms with Crippen molar-refractivity contribution in [2.75, 3.05) is 26.7 Å². The molecule has 1 amide bonds. The molecule has 0 radical (unpaired) electrons. The fourth-order valence-electron chi connectivity index (χ4n) is 2.18. The van der Waals surface area contributed by atoms with Gasteiger partial charge >= 0.3 is 0 Å². The van der Waals surface area contributed by atoms with Gasteiger partial charge in [0.2, 0.25) is 5.91 Å². The summed E-state index contributed by atoms with van der Waals surface area (Å²) >= 11 is 1.75. The van der Waals surface area contributed by atoms with Gasteiger partial charge in [-0.2, -0.15) is 0 Å². The smallest absolute Gasteiger partial charge is 0.223 e. The summed E-state index contributed by atoms with van der Waals surface area (Å²) in [5.74, 6) is 0.476.